The molecule has 0 radical (unpaired) electrons. The third-order valence-electron chi connectivity index (χ3n) is 2.32. The average Bonchev–Trinajstić information content (AvgIpc) is 2.53. The Morgan fingerprint density at radius 1 is 1.30 bits per heavy atom. The van der Waals surface area contributed by atoms with E-state index in [1.807, 2.05) is 24.3 Å². The average molecular weight is 324 g/mol. The molecule has 0 aliphatic carbocycles. The molecule has 0 aliphatic heterocycles. The number of ether oxygens (including phenoxy) is 1. The van der Waals surface area contributed by atoms with E-state index in [0.29, 0.717) is 12.4 Å². The van der Waals surface area contributed by atoms with Gasteiger partial charge in [-0.3, -0.25) is 10.7 Å². The summed E-state index contributed by atoms with van der Waals surface area (Å²) in [7, 11) is 0. The molecule has 10 heteroatoms. The highest BCUT2D eigenvalue weighted by Gasteiger charge is 2.04. The lowest BCUT2D eigenvalue weighted by Gasteiger charge is -2.08. The molecule has 0 aliphatic rings. The fourth-order valence-corrected chi connectivity index (χ4v) is 1.45. The number of aliphatic carboxylic acids is 1. The zero-order valence-corrected chi connectivity index (χ0v) is 12.2. The molecule has 124 valence electrons. The summed E-state index contributed by atoms with van der Waals surface area (Å²) >= 11 is 0. The Hall–Kier alpha value is -2.98. The molecule has 2 rings (SSSR count). The number of amides is 1. The number of hydrogen-bond acceptors (Lipinski definition) is 8. The van der Waals surface area contributed by atoms with Crippen molar-refractivity contribution in [2.75, 3.05) is 18.6 Å². The maximum atomic E-state index is 11.1. The van der Waals surface area contributed by atoms with E-state index in [0.717, 1.165) is 10.8 Å². The highest BCUT2D eigenvalue weighted by Crippen LogP contribution is 2.18. The largest absolute Gasteiger partial charge is 0.479 e. The number of hydrazine groups is 1. The van der Waals surface area contributed by atoms with Gasteiger partial charge in [0.25, 0.3) is 0 Å². The normalized spacial score (nSPS) is 9.48. The predicted octanol–water partition coefficient (Wildman–Crippen LogP) is 1.26. The van der Waals surface area contributed by atoms with E-state index in [1.54, 1.807) is 13.1 Å². The SMILES string of the molecule is CCOC(=O)NNc1nncc2ccccc12.O=C(O)COO. The smallest absolute Gasteiger partial charge is 0.425 e. The molecular formula is C13H16N4O6. The highest BCUT2D eigenvalue weighted by atomic mass is 17.1. The lowest BCUT2D eigenvalue weighted by Crippen LogP contribution is -2.30. The van der Waals surface area contributed by atoms with Gasteiger partial charge in [0.2, 0.25) is 0 Å². The van der Waals surface area contributed by atoms with Gasteiger partial charge >= 0.3 is 12.1 Å². The first-order valence-corrected chi connectivity index (χ1v) is 6.45. The van der Waals surface area contributed by atoms with Crippen LogP contribution in [0.5, 0.6) is 0 Å². The van der Waals surface area contributed by atoms with Crippen LogP contribution in [-0.4, -0.2) is 45.8 Å². The molecule has 0 fully saturated rings. The van der Waals surface area contributed by atoms with E-state index >= 15 is 0 Å². The number of carboxylic acids is 1. The van der Waals surface area contributed by atoms with Crippen molar-refractivity contribution in [2.45, 2.75) is 6.92 Å². The van der Waals surface area contributed by atoms with Gasteiger partial charge in [-0.1, -0.05) is 24.3 Å². The maximum absolute atomic E-state index is 11.1. The highest BCUT2D eigenvalue weighted by molar-refractivity contribution is 5.91. The molecule has 1 aromatic heterocycles. The molecule has 23 heavy (non-hydrogen) atoms. The number of carbonyl (C=O) groups is 2. The summed E-state index contributed by atoms with van der Waals surface area (Å²) < 4.78 is 4.71. The molecule has 0 spiro atoms. The van der Waals surface area contributed by atoms with Crippen molar-refractivity contribution >= 4 is 28.7 Å². The fourth-order valence-electron chi connectivity index (χ4n) is 1.45. The van der Waals surface area contributed by atoms with Gasteiger partial charge in [-0.2, -0.15) is 5.10 Å². The molecule has 0 bridgehead atoms. The first kappa shape index (κ1) is 18.1. The van der Waals surface area contributed by atoms with Crippen LogP contribution in [0.2, 0.25) is 0 Å². The van der Waals surface area contributed by atoms with Gasteiger partial charge in [-0.15, -0.1) is 5.10 Å². The molecule has 0 saturated heterocycles. The molecule has 0 saturated carbocycles. The van der Waals surface area contributed by atoms with E-state index in [-0.39, 0.29) is 0 Å². The second kappa shape index (κ2) is 9.87. The number of hydrogen-bond donors (Lipinski definition) is 4. The number of carbonyl (C=O) groups excluding carboxylic acids is 1. The monoisotopic (exact) mass is 324 g/mol. The van der Waals surface area contributed by atoms with Crippen molar-refractivity contribution in [3.63, 3.8) is 0 Å². The van der Waals surface area contributed by atoms with E-state index in [4.69, 9.17) is 15.1 Å². The van der Waals surface area contributed by atoms with Gasteiger partial charge in [0.1, 0.15) is 0 Å². The molecule has 1 heterocycles. The summed E-state index contributed by atoms with van der Waals surface area (Å²) in [5.41, 5.74) is 5.05. The lowest BCUT2D eigenvalue weighted by molar-refractivity contribution is -0.243. The van der Waals surface area contributed by atoms with Crippen LogP contribution < -0.4 is 10.9 Å². The number of fused-ring (bicyclic) bond motifs is 1. The number of nitrogens with zero attached hydrogens (tertiary/aromatic N) is 2. The third kappa shape index (κ3) is 6.54. The molecule has 10 nitrogen and oxygen atoms in total. The predicted molar refractivity (Wildman–Crippen MR) is 79.5 cm³/mol. The van der Waals surface area contributed by atoms with E-state index in [1.165, 1.54) is 0 Å². The van der Waals surface area contributed by atoms with Crippen LogP contribution in [0.15, 0.2) is 30.5 Å². The summed E-state index contributed by atoms with van der Waals surface area (Å²) in [4.78, 5) is 23.6. The molecule has 1 amide bonds. The van der Waals surface area contributed by atoms with Crippen molar-refractivity contribution in [3.05, 3.63) is 30.5 Å². The summed E-state index contributed by atoms with van der Waals surface area (Å²) in [6.07, 6.45) is 1.10. The molecule has 4 N–H and O–H groups in total. The summed E-state index contributed by atoms with van der Waals surface area (Å²) in [5.74, 6) is -0.700. The van der Waals surface area contributed by atoms with Gasteiger partial charge in [-0.25, -0.2) is 19.9 Å². The number of aromatic nitrogens is 2. The minimum atomic E-state index is -1.18. The molecular weight excluding hydrogens is 308 g/mol. The van der Waals surface area contributed by atoms with Crippen LogP contribution in [0, 0.1) is 0 Å². The summed E-state index contributed by atoms with van der Waals surface area (Å²) in [5, 5.41) is 24.5. The molecule has 0 atom stereocenters. The van der Waals surface area contributed by atoms with Gasteiger partial charge in [0, 0.05) is 10.8 Å². The molecule has 0 unspecified atom stereocenters. The third-order valence-corrected chi connectivity index (χ3v) is 2.32. The fraction of sp³-hybridized carbons (Fsp3) is 0.231. The molecule has 2 aromatic rings. The number of carboxylic acid groups (broad SMARTS) is 1. The van der Waals surface area contributed by atoms with Crippen molar-refractivity contribution in [1.29, 1.82) is 0 Å². The lowest BCUT2D eigenvalue weighted by atomic mass is 10.2. The first-order chi connectivity index (χ1) is 11.1. The van der Waals surface area contributed by atoms with Crippen LogP contribution in [0.3, 0.4) is 0 Å². The Labute approximate surface area is 130 Å². The van der Waals surface area contributed by atoms with Crippen molar-refractivity contribution in [3.8, 4) is 0 Å². The second-order valence-corrected chi connectivity index (χ2v) is 3.92. The van der Waals surface area contributed by atoms with Crippen LogP contribution in [0.4, 0.5) is 10.6 Å². The minimum absolute atomic E-state index is 0.314. The van der Waals surface area contributed by atoms with E-state index < -0.39 is 18.7 Å². The minimum Gasteiger partial charge on any atom is -0.479 e. The summed E-state index contributed by atoms with van der Waals surface area (Å²) in [6, 6.07) is 7.60. The second-order valence-electron chi connectivity index (χ2n) is 3.92. The zero-order valence-electron chi connectivity index (χ0n) is 12.2. The van der Waals surface area contributed by atoms with E-state index in [2.05, 4.69) is 25.9 Å². The Morgan fingerprint density at radius 3 is 2.65 bits per heavy atom. The van der Waals surface area contributed by atoms with Gasteiger partial charge < -0.3 is 9.84 Å². The Kier molecular flexibility index (Phi) is 7.75. The zero-order chi connectivity index (χ0) is 17.1. The maximum Gasteiger partial charge on any atom is 0.425 e. The number of rotatable bonds is 5. The first-order valence-electron chi connectivity index (χ1n) is 6.45. The number of anilines is 1. The Morgan fingerprint density at radius 2 is 2.04 bits per heavy atom. The molecule has 1 aromatic carbocycles. The van der Waals surface area contributed by atoms with Crippen molar-refractivity contribution < 1.29 is 29.6 Å². The summed E-state index contributed by atoms with van der Waals surface area (Å²) in [6.45, 7) is 1.39. The van der Waals surface area contributed by atoms with E-state index in [9.17, 15) is 9.59 Å². The standard InChI is InChI=1S/C11H12N4O2.C2H4O4/c1-2-17-11(16)15-14-10-9-6-4-3-5-8(9)7-12-13-10;3-2(4)1-6-5/h3-7H,2H2,1H3,(H,13,14)(H,15,16);5H,1H2,(H,3,4). The van der Waals surface area contributed by atoms with Crippen LogP contribution in [-0.2, 0) is 14.4 Å². The Balaban J connectivity index is 0.000000379. The van der Waals surface area contributed by atoms with Crippen molar-refractivity contribution in [1.82, 2.24) is 15.6 Å². The van der Waals surface area contributed by atoms with Gasteiger partial charge in [0.15, 0.2) is 12.4 Å². The Bertz CT molecular complexity index is 646. The van der Waals surface area contributed by atoms with Crippen LogP contribution >= 0.6 is 0 Å². The number of nitrogens with one attached hydrogen (secondary N) is 2. The van der Waals surface area contributed by atoms with Crippen LogP contribution in [0.1, 0.15) is 6.92 Å². The van der Waals surface area contributed by atoms with Crippen LogP contribution in [0.25, 0.3) is 10.8 Å². The van der Waals surface area contributed by atoms with Gasteiger partial charge in [0.05, 0.1) is 12.8 Å². The topological polar surface area (TPSA) is 143 Å². The van der Waals surface area contributed by atoms with Crippen molar-refractivity contribution in [2.24, 2.45) is 0 Å². The quantitative estimate of drug-likeness (QED) is 0.472. The number of benzene rings is 1. The van der Waals surface area contributed by atoms with Gasteiger partial charge in [-0.05, 0) is 6.92 Å².